The van der Waals surface area contributed by atoms with Crippen LogP contribution in [0, 0.1) is 0 Å². The van der Waals surface area contributed by atoms with Gasteiger partial charge in [0.2, 0.25) is 0 Å². The van der Waals surface area contributed by atoms with Gasteiger partial charge in [0.25, 0.3) is 0 Å². The van der Waals surface area contributed by atoms with Gasteiger partial charge in [-0.1, -0.05) is 0 Å². The van der Waals surface area contributed by atoms with Crippen molar-refractivity contribution in [1.82, 2.24) is 10.3 Å². The minimum absolute atomic E-state index is 0.295. The number of ether oxygens (including phenoxy) is 4. The zero-order chi connectivity index (χ0) is 20.6. The highest BCUT2D eigenvalue weighted by molar-refractivity contribution is 5.89. The summed E-state index contributed by atoms with van der Waals surface area (Å²) in [5.41, 5.74) is 1.38. The van der Waals surface area contributed by atoms with Gasteiger partial charge in [-0.05, 0) is 36.4 Å². The Hall–Kier alpha value is -3.52. The second-order valence-corrected chi connectivity index (χ2v) is 6.03. The van der Waals surface area contributed by atoms with Crippen LogP contribution in [0.5, 0.6) is 23.0 Å². The molecule has 0 unspecified atom stereocenters. The van der Waals surface area contributed by atoms with Crippen LogP contribution in [-0.4, -0.2) is 45.5 Å². The van der Waals surface area contributed by atoms with Crippen LogP contribution in [0.2, 0.25) is 0 Å². The maximum atomic E-state index is 11.8. The Bertz CT molecular complexity index is 976. The minimum Gasteiger partial charge on any atom is -0.493 e. The van der Waals surface area contributed by atoms with Gasteiger partial charge < -0.3 is 29.6 Å². The van der Waals surface area contributed by atoms with Crippen molar-refractivity contribution in [3.8, 4) is 23.0 Å². The van der Waals surface area contributed by atoms with Gasteiger partial charge in [-0.2, -0.15) is 0 Å². The molecule has 2 amide bonds. The van der Waals surface area contributed by atoms with E-state index in [4.69, 9.17) is 18.9 Å². The second kappa shape index (κ2) is 9.61. The number of amides is 2. The molecule has 3 aromatic rings. The summed E-state index contributed by atoms with van der Waals surface area (Å²) in [6.45, 7) is 0.892. The van der Waals surface area contributed by atoms with Crippen molar-refractivity contribution in [3.63, 3.8) is 0 Å². The van der Waals surface area contributed by atoms with Gasteiger partial charge in [-0.3, -0.25) is 4.98 Å². The van der Waals surface area contributed by atoms with Gasteiger partial charge in [0.1, 0.15) is 11.5 Å². The number of urea groups is 1. The van der Waals surface area contributed by atoms with E-state index in [0.29, 0.717) is 41.8 Å². The van der Waals surface area contributed by atoms with E-state index in [1.807, 2.05) is 6.07 Å². The fourth-order valence-electron chi connectivity index (χ4n) is 2.71. The number of carbonyl (C=O) groups excluding carboxylic acids is 1. The number of hydrogen-bond donors (Lipinski definition) is 2. The number of nitrogens with one attached hydrogen (secondary N) is 2. The quantitative estimate of drug-likeness (QED) is 0.562. The van der Waals surface area contributed by atoms with Gasteiger partial charge in [0.15, 0.2) is 11.5 Å². The number of methoxy groups -OCH3 is 3. The Morgan fingerprint density at radius 1 is 0.966 bits per heavy atom. The number of benzene rings is 2. The van der Waals surface area contributed by atoms with Crippen molar-refractivity contribution in [2.75, 3.05) is 39.8 Å². The highest BCUT2D eigenvalue weighted by Gasteiger charge is 2.11. The summed E-state index contributed by atoms with van der Waals surface area (Å²) < 4.78 is 21.6. The van der Waals surface area contributed by atoms with E-state index in [1.165, 1.54) is 0 Å². The maximum absolute atomic E-state index is 11.8. The maximum Gasteiger partial charge on any atom is 0.319 e. The lowest BCUT2D eigenvalue weighted by molar-refractivity contribution is 0.198. The van der Waals surface area contributed by atoms with E-state index >= 15 is 0 Å². The van der Waals surface area contributed by atoms with Crippen molar-refractivity contribution >= 4 is 22.6 Å². The summed E-state index contributed by atoms with van der Waals surface area (Å²) in [7, 11) is 4.74. The summed E-state index contributed by atoms with van der Waals surface area (Å²) in [6, 6.07) is 12.2. The molecule has 2 aromatic carbocycles. The first-order valence-electron chi connectivity index (χ1n) is 8.97. The lowest BCUT2D eigenvalue weighted by Crippen LogP contribution is -2.31. The Labute approximate surface area is 168 Å². The van der Waals surface area contributed by atoms with Gasteiger partial charge in [0.05, 0.1) is 26.3 Å². The molecular formula is C21H23N3O5. The first-order valence-corrected chi connectivity index (χ1v) is 8.97. The van der Waals surface area contributed by atoms with Gasteiger partial charge >= 0.3 is 6.03 Å². The van der Waals surface area contributed by atoms with Crippen LogP contribution in [0.1, 0.15) is 0 Å². The van der Waals surface area contributed by atoms with Crippen molar-refractivity contribution in [3.05, 3.63) is 48.7 Å². The van der Waals surface area contributed by atoms with E-state index in [-0.39, 0.29) is 6.03 Å². The number of hydrogen-bond acceptors (Lipinski definition) is 6. The molecule has 0 saturated heterocycles. The van der Waals surface area contributed by atoms with Crippen LogP contribution in [0.3, 0.4) is 0 Å². The third-order valence-electron chi connectivity index (χ3n) is 4.14. The van der Waals surface area contributed by atoms with Crippen LogP contribution in [0.15, 0.2) is 48.7 Å². The van der Waals surface area contributed by atoms with Crippen LogP contribution in [0.4, 0.5) is 10.5 Å². The fraction of sp³-hybridized carbons (Fsp3) is 0.238. The van der Waals surface area contributed by atoms with E-state index < -0.39 is 0 Å². The van der Waals surface area contributed by atoms with Gasteiger partial charge in [-0.15, -0.1) is 0 Å². The molecule has 1 aromatic heterocycles. The summed E-state index contributed by atoms with van der Waals surface area (Å²) in [4.78, 5) is 16.2. The summed E-state index contributed by atoms with van der Waals surface area (Å²) in [5.74, 6) is 2.45. The highest BCUT2D eigenvalue weighted by atomic mass is 16.5. The lowest BCUT2D eigenvalue weighted by Gasteiger charge is -2.13. The summed E-state index contributed by atoms with van der Waals surface area (Å²) in [6.07, 6.45) is 1.67. The molecule has 0 bridgehead atoms. The SMILES string of the molecule is COCCNC(=O)Nc1ccc(Oc2ccnc3cc(OC)c(OC)cc23)cc1. The number of nitrogens with zero attached hydrogens (tertiary/aromatic N) is 1. The summed E-state index contributed by atoms with van der Waals surface area (Å²) >= 11 is 0. The van der Waals surface area contributed by atoms with E-state index in [1.54, 1.807) is 63.9 Å². The fourth-order valence-corrected chi connectivity index (χ4v) is 2.71. The van der Waals surface area contributed by atoms with Gasteiger partial charge in [-0.25, -0.2) is 4.79 Å². The van der Waals surface area contributed by atoms with E-state index in [9.17, 15) is 4.79 Å². The molecule has 29 heavy (non-hydrogen) atoms. The average molecular weight is 397 g/mol. The molecule has 0 atom stereocenters. The Kier molecular flexibility index (Phi) is 6.70. The first-order chi connectivity index (χ1) is 14.1. The molecule has 0 aliphatic rings. The molecule has 2 N–H and O–H groups in total. The normalized spacial score (nSPS) is 10.4. The van der Waals surface area contributed by atoms with Crippen molar-refractivity contribution < 1.29 is 23.7 Å². The zero-order valence-electron chi connectivity index (χ0n) is 16.5. The smallest absolute Gasteiger partial charge is 0.319 e. The molecular weight excluding hydrogens is 374 g/mol. The standard InChI is InChI=1S/C21H23N3O5/c1-26-11-10-23-21(25)24-14-4-6-15(7-5-14)29-18-8-9-22-17-13-20(28-3)19(27-2)12-16(17)18/h4-9,12-13H,10-11H2,1-3H3,(H2,23,24,25). The predicted molar refractivity (Wildman–Crippen MR) is 110 cm³/mol. The molecule has 8 heteroatoms. The Morgan fingerprint density at radius 2 is 1.69 bits per heavy atom. The summed E-state index contributed by atoms with van der Waals surface area (Å²) in [5, 5.41) is 6.24. The predicted octanol–water partition coefficient (Wildman–Crippen LogP) is 3.81. The number of pyridine rings is 1. The number of anilines is 1. The van der Waals surface area contributed by atoms with Crippen molar-refractivity contribution in [2.45, 2.75) is 0 Å². The highest BCUT2D eigenvalue weighted by Crippen LogP contribution is 2.36. The molecule has 0 aliphatic heterocycles. The Balaban J connectivity index is 1.74. The van der Waals surface area contributed by atoms with Crippen molar-refractivity contribution in [2.24, 2.45) is 0 Å². The van der Waals surface area contributed by atoms with E-state index in [0.717, 1.165) is 10.9 Å². The number of rotatable bonds is 8. The average Bonchev–Trinajstić information content (AvgIpc) is 2.74. The molecule has 0 radical (unpaired) electrons. The van der Waals surface area contributed by atoms with Crippen LogP contribution in [-0.2, 0) is 4.74 Å². The van der Waals surface area contributed by atoms with E-state index in [2.05, 4.69) is 15.6 Å². The number of carbonyl (C=O) groups is 1. The molecule has 0 fully saturated rings. The monoisotopic (exact) mass is 397 g/mol. The van der Waals surface area contributed by atoms with Crippen LogP contribution < -0.4 is 24.8 Å². The second-order valence-electron chi connectivity index (χ2n) is 6.03. The third-order valence-corrected chi connectivity index (χ3v) is 4.14. The third kappa shape index (κ3) is 5.05. The lowest BCUT2D eigenvalue weighted by atomic mass is 10.2. The molecule has 0 spiro atoms. The van der Waals surface area contributed by atoms with Crippen molar-refractivity contribution in [1.29, 1.82) is 0 Å². The largest absolute Gasteiger partial charge is 0.493 e. The van der Waals surface area contributed by atoms with Crippen LogP contribution >= 0.6 is 0 Å². The molecule has 152 valence electrons. The number of fused-ring (bicyclic) bond motifs is 1. The molecule has 8 nitrogen and oxygen atoms in total. The molecule has 0 aliphatic carbocycles. The zero-order valence-corrected chi connectivity index (χ0v) is 16.5. The first kappa shape index (κ1) is 20.2. The molecule has 1 heterocycles. The molecule has 0 saturated carbocycles. The van der Waals surface area contributed by atoms with Crippen LogP contribution in [0.25, 0.3) is 10.9 Å². The topological polar surface area (TPSA) is 90.9 Å². The molecule has 3 rings (SSSR count). The van der Waals surface area contributed by atoms with Gasteiger partial charge in [0, 0.05) is 37.0 Å². The Morgan fingerprint density at radius 3 is 2.38 bits per heavy atom. The minimum atomic E-state index is -0.295. The number of aromatic nitrogens is 1.